The van der Waals surface area contributed by atoms with Crippen LogP contribution in [0, 0.1) is 0 Å². The molecule has 0 saturated heterocycles. The third-order valence-corrected chi connectivity index (χ3v) is 10.1. The number of aromatic hydroxyl groups is 2. The summed E-state index contributed by atoms with van der Waals surface area (Å²) in [6, 6.07) is 11.4. The highest BCUT2D eigenvalue weighted by molar-refractivity contribution is 6.39. The number of hydrogen-bond donors (Lipinski definition) is 4. The summed E-state index contributed by atoms with van der Waals surface area (Å²) in [4.78, 5) is 42.3. The minimum atomic E-state index is -0.361. The highest BCUT2D eigenvalue weighted by Crippen LogP contribution is 2.43. The number of pyridine rings is 2. The monoisotopic (exact) mass is 644 g/mol. The molecule has 8 nitrogen and oxygen atoms in total. The first-order chi connectivity index (χ1) is 23.4. The van der Waals surface area contributed by atoms with Crippen molar-refractivity contribution in [2.24, 2.45) is 9.98 Å². The number of aromatic nitrogens is 2. The van der Waals surface area contributed by atoms with E-state index < -0.39 is 0 Å². The molecule has 2 heterocycles. The van der Waals surface area contributed by atoms with Crippen molar-refractivity contribution >= 4 is 64.6 Å². The van der Waals surface area contributed by atoms with Crippen molar-refractivity contribution in [3.8, 4) is 11.8 Å². The van der Waals surface area contributed by atoms with Crippen LogP contribution in [-0.2, 0) is 0 Å². The molecule has 0 aliphatic carbocycles. The van der Waals surface area contributed by atoms with Gasteiger partial charge >= 0.3 is 0 Å². The van der Waals surface area contributed by atoms with E-state index in [2.05, 4.69) is 23.8 Å². The molecule has 0 saturated carbocycles. The molecule has 48 heavy (non-hydrogen) atoms. The van der Waals surface area contributed by atoms with E-state index in [-0.39, 0.29) is 22.9 Å². The van der Waals surface area contributed by atoms with Gasteiger partial charge in [-0.1, -0.05) is 90.2 Å². The molecule has 0 bridgehead atoms. The summed E-state index contributed by atoms with van der Waals surface area (Å²) in [5.74, 6) is -0.330. The Morgan fingerprint density at radius 2 is 0.854 bits per heavy atom. The third kappa shape index (κ3) is 5.41. The van der Waals surface area contributed by atoms with Crippen LogP contribution in [0.3, 0.4) is 0 Å². The van der Waals surface area contributed by atoms with Crippen molar-refractivity contribution < 1.29 is 10.2 Å². The Balaban J connectivity index is 1.55. The molecule has 0 spiro atoms. The summed E-state index contributed by atoms with van der Waals surface area (Å²) in [5.41, 5.74) is -0.722. The highest BCUT2D eigenvalue weighted by Gasteiger charge is 2.23. The summed E-state index contributed by atoms with van der Waals surface area (Å²) in [7, 11) is 0. The Labute approximate surface area is 277 Å². The Kier molecular flexibility index (Phi) is 8.90. The molecule has 0 aliphatic heterocycles. The molecule has 248 valence electrons. The summed E-state index contributed by atoms with van der Waals surface area (Å²) >= 11 is 0. The van der Waals surface area contributed by atoms with Gasteiger partial charge in [0.25, 0.3) is 11.1 Å². The van der Waals surface area contributed by atoms with Gasteiger partial charge in [0.15, 0.2) is 11.8 Å². The molecule has 7 aromatic rings. The van der Waals surface area contributed by atoms with E-state index >= 15 is 0 Å². The average Bonchev–Trinajstić information content (AvgIpc) is 3.08. The van der Waals surface area contributed by atoms with Crippen molar-refractivity contribution in [2.75, 3.05) is 13.1 Å². The second-order valence-electron chi connectivity index (χ2n) is 13.4. The maximum absolute atomic E-state index is 13.4. The van der Waals surface area contributed by atoms with Gasteiger partial charge in [0.05, 0.1) is 21.5 Å². The van der Waals surface area contributed by atoms with Gasteiger partial charge < -0.3 is 10.2 Å². The first-order valence-corrected chi connectivity index (χ1v) is 17.8. The molecule has 5 aromatic carbocycles. The fourth-order valence-corrected chi connectivity index (χ4v) is 7.73. The lowest BCUT2D eigenvalue weighted by atomic mass is 9.85. The molecule has 4 N–H and O–H groups in total. The van der Waals surface area contributed by atoms with Gasteiger partial charge in [-0.15, -0.1) is 0 Å². The smallest absolute Gasteiger partial charge is 0.258 e. The number of nitrogens with zero attached hydrogens (tertiary/aromatic N) is 2. The lowest BCUT2D eigenvalue weighted by Gasteiger charge is -2.19. The Morgan fingerprint density at radius 1 is 0.479 bits per heavy atom. The van der Waals surface area contributed by atoms with Crippen LogP contribution < -0.4 is 21.8 Å². The van der Waals surface area contributed by atoms with E-state index in [0.29, 0.717) is 56.1 Å². The maximum Gasteiger partial charge on any atom is 0.258 e. The molecule has 7 rings (SSSR count). The zero-order valence-corrected chi connectivity index (χ0v) is 28.0. The topological polar surface area (TPSA) is 131 Å². The quantitative estimate of drug-likeness (QED) is 0.0540. The number of H-pyrrole nitrogens is 2. The second kappa shape index (κ2) is 13.4. The van der Waals surface area contributed by atoms with E-state index in [4.69, 9.17) is 9.98 Å². The normalized spacial score (nSPS) is 13.3. The van der Waals surface area contributed by atoms with Crippen LogP contribution in [0.4, 0.5) is 0 Å². The maximum atomic E-state index is 13.4. The molecule has 0 atom stereocenters. The van der Waals surface area contributed by atoms with E-state index in [0.717, 1.165) is 58.0 Å². The van der Waals surface area contributed by atoms with Crippen molar-refractivity contribution in [3.05, 3.63) is 67.8 Å². The van der Waals surface area contributed by atoms with Crippen LogP contribution >= 0.6 is 0 Å². The molecule has 0 aliphatic rings. The first kappa shape index (κ1) is 31.9. The van der Waals surface area contributed by atoms with Crippen LogP contribution in [0.25, 0.3) is 64.6 Å². The SMILES string of the molecule is CCCCCCCCN=c1cc2c(=O)[nH]c(O)c3ccc4c5c(=NCCCCCCCC)cc6c(=O)[nH]c(O)c7ccc(c1c4c32)c5c76. The van der Waals surface area contributed by atoms with Gasteiger partial charge in [-0.25, -0.2) is 0 Å². The fourth-order valence-electron chi connectivity index (χ4n) is 7.73. The Bertz CT molecular complexity index is 2340. The van der Waals surface area contributed by atoms with E-state index in [1.54, 1.807) is 0 Å². The summed E-state index contributed by atoms with van der Waals surface area (Å²) in [6.07, 6.45) is 13.8. The number of unbranched alkanes of at least 4 members (excludes halogenated alkanes) is 10. The lowest BCUT2D eigenvalue weighted by Crippen LogP contribution is -2.16. The predicted molar refractivity (Wildman–Crippen MR) is 197 cm³/mol. The summed E-state index contributed by atoms with van der Waals surface area (Å²) < 4.78 is 0. The van der Waals surface area contributed by atoms with Gasteiger partial charge in [-0.2, -0.15) is 0 Å². The number of fused-ring (bicyclic) bond motifs is 2. The zero-order valence-electron chi connectivity index (χ0n) is 28.0. The average molecular weight is 645 g/mol. The van der Waals surface area contributed by atoms with Crippen LogP contribution in [0.5, 0.6) is 11.8 Å². The van der Waals surface area contributed by atoms with E-state index in [1.807, 2.05) is 36.4 Å². The van der Waals surface area contributed by atoms with Gasteiger partial charge in [0, 0.05) is 56.2 Å². The van der Waals surface area contributed by atoms with Crippen LogP contribution in [0.2, 0.25) is 0 Å². The zero-order chi connectivity index (χ0) is 33.4. The molecule has 0 amide bonds. The minimum absolute atomic E-state index is 0.165. The number of rotatable bonds is 14. The number of nitrogens with one attached hydrogen (secondary N) is 2. The Hall–Kier alpha value is -4.72. The molecular formula is C40H44N4O4. The lowest BCUT2D eigenvalue weighted by molar-refractivity contribution is 0.458. The largest absolute Gasteiger partial charge is 0.494 e. The predicted octanol–water partition coefficient (Wildman–Crippen LogP) is 8.23. The van der Waals surface area contributed by atoms with Crippen LogP contribution in [0.1, 0.15) is 90.9 Å². The molecule has 0 fully saturated rings. The molecular weight excluding hydrogens is 600 g/mol. The van der Waals surface area contributed by atoms with Crippen molar-refractivity contribution in [2.45, 2.75) is 90.9 Å². The Morgan fingerprint density at radius 3 is 1.27 bits per heavy atom. The number of aromatic amines is 2. The fraction of sp³-hybridized carbons (Fsp3) is 0.400. The molecule has 2 aromatic heterocycles. The van der Waals surface area contributed by atoms with Crippen molar-refractivity contribution in [1.82, 2.24) is 9.97 Å². The van der Waals surface area contributed by atoms with Crippen LogP contribution in [-0.4, -0.2) is 33.3 Å². The first-order valence-electron chi connectivity index (χ1n) is 17.8. The van der Waals surface area contributed by atoms with Gasteiger partial charge in [0.1, 0.15) is 0 Å². The molecule has 0 radical (unpaired) electrons. The van der Waals surface area contributed by atoms with Gasteiger partial charge in [0.2, 0.25) is 0 Å². The van der Waals surface area contributed by atoms with Crippen LogP contribution in [0.15, 0.2) is 56.0 Å². The summed E-state index contributed by atoms with van der Waals surface area (Å²) in [6.45, 7) is 5.68. The van der Waals surface area contributed by atoms with Crippen molar-refractivity contribution in [1.29, 1.82) is 0 Å². The van der Waals surface area contributed by atoms with Crippen molar-refractivity contribution in [3.63, 3.8) is 0 Å². The van der Waals surface area contributed by atoms with Gasteiger partial charge in [-0.05, 0) is 47.9 Å². The molecule has 8 heteroatoms. The summed E-state index contributed by atoms with van der Waals surface area (Å²) in [5, 5.41) is 31.9. The second-order valence-corrected chi connectivity index (χ2v) is 13.4. The standard InChI is InChI=1S/C40H44N4O4/c1-3-5-7-9-11-13-19-41-29-21-27-31-25(37(45)43-39(27)47)18-16-24-34-30(42-20-14-12-10-8-6-4-2)22-28-32-26(38(46)44-40(28)48)17-15-23(36(32)34)33(29)35(24)31/h15-18,21-22,45-46H,3-14,19-20H2,1-2H3,(H,43,47)(H,44,48). The molecule has 0 unspecified atom stereocenters. The van der Waals surface area contributed by atoms with E-state index in [9.17, 15) is 19.8 Å². The highest BCUT2D eigenvalue weighted by atomic mass is 16.3. The minimum Gasteiger partial charge on any atom is -0.494 e. The van der Waals surface area contributed by atoms with E-state index in [1.165, 1.54) is 51.4 Å². The number of hydrogen-bond acceptors (Lipinski definition) is 6. The van der Waals surface area contributed by atoms with Gasteiger partial charge in [-0.3, -0.25) is 29.5 Å². The number of benzene rings is 5. The third-order valence-electron chi connectivity index (χ3n) is 10.1.